The van der Waals surface area contributed by atoms with Gasteiger partial charge in [-0.25, -0.2) is 9.97 Å². The normalized spacial score (nSPS) is 12.1. The number of amides is 1. The lowest BCUT2D eigenvalue weighted by Gasteiger charge is -2.19. The summed E-state index contributed by atoms with van der Waals surface area (Å²) in [5.41, 5.74) is 1.82. The summed E-state index contributed by atoms with van der Waals surface area (Å²) in [4.78, 5) is 21.2. The average Bonchev–Trinajstić information content (AvgIpc) is 3.05. The summed E-state index contributed by atoms with van der Waals surface area (Å²) in [6.07, 6.45) is 6.76. The number of benzene rings is 1. The standard InChI is InChI=1S/C18H22N6O/c1-3-6-16(18(25)19-9-13-10-22-24(2)11-13)23-17-14-7-4-5-8-15(14)20-12-21-17/h4-5,7-8,10-12,16H,3,6,9H2,1-2H3,(H,19,25)(H,20,21,23)/t16-/m0/s1. The first kappa shape index (κ1) is 16.9. The van der Waals surface area contributed by atoms with E-state index in [1.807, 2.05) is 37.5 Å². The van der Waals surface area contributed by atoms with E-state index < -0.39 is 0 Å². The summed E-state index contributed by atoms with van der Waals surface area (Å²) in [6.45, 7) is 2.51. The molecular weight excluding hydrogens is 316 g/mol. The number of hydrogen-bond acceptors (Lipinski definition) is 5. The third kappa shape index (κ3) is 4.12. The molecule has 0 aliphatic carbocycles. The highest BCUT2D eigenvalue weighted by atomic mass is 16.2. The van der Waals surface area contributed by atoms with E-state index in [0.717, 1.165) is 29.3 Å². The van der Waals surface area contributed by atoms with Gasteiger partial charge in [0.1, 0.15) is 18.2 Å². The van der Waals surface area contributed by atoms with Crippen LogP contribution in [0.3, 0.4) is 0 Å². The summed E-state index contributed by atoms with van der Waals surface area (Å²) in [7, 11) is 1.85. The Hall–Kier alpha value is -2.96. The molecule has 7 nitrogen and oxygen atoms in total. The van der Waals surface area contributed by atoms with Crippen LogP contribution in [0.4, 0.5) is 5.82 Å². The van der Waals surface area contributed by atoms with Crippen molar-refractivity contribution in [3.8, 4) is 0 Å². The van der Waals surface area contributed by atoms with Gasteiger partial charge in [0.05, 0.1) is 11.7 Å². The molecule has 0 saturated carbocycles. The molecule has 0 spiro atoms. The first-order valence-electron chi connectivity index (χ1n) is 8.39. The summed E-state index contributed by atoms with van der Waals surface area (Å²) in [5.74, 6) is 0.633. The lowest BCUT2D eigenvalue weighted by Crippen LogP contribution is -2.39. The molecule has 0 aliphatic rings. The van der Waals surface area contributed by atoms with Crippen molar-refractivity contribution in [3.05, 3.63) is 48.5 Å². The van der Waals surface area contributed by atoms with Crippen LogP contribution >= 0.6 is 0 Å². The Bertz CT molecular complexity index is 854. The van der Waals surface area contributed by atoms with Gasteiger partial charge in [0.2, 0.25) is 5.91 Å². The Balaban J connectivity index is 1.72. The first-order chi connectivity index (χ1) is 12.2. The molecule has 0 unspecified atom stereocenters. The van der Waals surface area contributed by atoms with E-state index in [1.165, 1.54) is 6.33 Å². The maximum atomic E-state index is 12.6. The molecule has 25 heavy (non-hydrogen) atoms. The third-order valence-electron chi connectivity index (χ3n) is 3.97. The van der Waals surface area contributed by atoms with Crippen LogP contribution in [0.25, 0.3) is 10.9 Å². The van der Waals surface area contributed by atoms with Crippen LogP contribution in [-0.2, 0) is 18.4 Å². The average molecular weight is 338 g/mol. The fourth-order valence-electron chi connectivity index (χ4n) is 2.72. The number of carbonyl (C=O) groups excluding carboxylic acids is 1. The second-order valence-corrected chi connectivity index (χ2v) is 5.97. The predicted molar refractivity (Wildman–Crippen MR) is 96.9 cm³/mol. The van der Waals surface area contributed by atoms with Gasteiger partial charge in [-0.3, -0.25) is 9.48 Å². The van der Waals surface area contributed by atoms with Gasteiger partial charge in [-0.2, -0.15) is 5.10 Å². The highest BCUT2D eigenvalue weighted by molar-refractivity contribution is 5.91. The molecule has 2 N–H and O–H groups in total. The zero-order valence-corrected chi connectivity index (χ0v) is 14.4. The number of fused-ring (bicyclic) bond motifs is 1. The van der Waals surface area contributed by atoms with Gasteiger partial charge < -0.3 is 10.6 Å². The molecule has 7 heteroatoms. The van der Waals surface area contributed by atoms with Crippen molar-refractivity contribution in [1.82, 2.24) is 25.1 Å². The van der Waals surface area contributed by atoms with Gasteiger partial charge >= 0.3 is 0 Å². The summed E-state index contributed by atoms with van der Waals surface area (Å²) in [5, 5.41) is 11.3. The van der Waals surface area contributed by atoms with Crippen molar-refractivity contribution in [3.63, 3.8) is 0 Å². The molecule has 2 aromatic heterocycles. The first-order valence-corrected chi connectivity index (χ1v) is 8.39. The topological polar surface area (TPSA) is 84.7 Å². The number of nitrogens with one attached hydrogen (secondary N) is 2. The number of hydrogen-bond donors (Lipinski definition) is 2. The van der Waals surface area contributed by atoms with E-state index in [9.17, 15) is 4.79 Å². The molecule has 3 rings (SSSR count). The quantitative estimate of drug-likeness (QED) is 0.690. The maximum Gasteiger partial charge on any atom is 0.242 e. The largest absolute Gasteiger partial charge is 0.358 e. The number of nitrogens with zero attached hydrogens (tertiary/aromatic N) is 4. The van der Waals surface area contributed by atoms with Gasteiger partial charge in [0.15, 0.2) is 0 Å². The van der Waals surface area contributed by atoms with Crippen LogP contribution < -0.4 is 10.6 Å². The van der Waals surface area contributed by atoms with Crippen molar-refractivity contribution in [1.29, 1.82) is 0 Å². The molecular formula is C18H22N6O. The Morgan fingerprint density at radius 3 is 2.88 bits per heavy atom. The van der Waals surface area contributed by atoms with Crippen molar-refractivity contribution in [2.24, 2.45) is 7.05 Å². The van der Waals surface area contributed by atoms with E-state index in [2.05, 4.69) is 32.6 Å². The zero-order valence-electron chi connectivity index (χ0n) is 14.4. The number of carbonyl (C=O) groups is 1. The van der Waals surface area contributed by atoms with E-state index in [4.69, 9.17) is 0 Å². The Labute approximate surface area is 146 Å². The maximum absolute atomic E-state index is 12.6. The summed E-state index contributed by atoms with van der Waals surface area (Å²) >= 11 is 0. The van der Waals surface area contributed by atoms with E-state index in [-0.39, 0.29) is 11.9 Å². The second-order valence-electron chi connectivity index (χ2n) is 5.97. The van der Waals surface area contributed by atoms with E-state index in [1.54, 1.807) is 10.9 Å². The highest BCUT2D eigenvalue weighted by Crippen LogP contribution is 2.20. The SMILES string of the molecule is CCC[C@H](Nc1ncnc2ccccc12)C(=O)NCc1cnn(C)c1. The van der Waals surface area contributed by atoms with Gasteiger partial charge in [-0.05, 0) is 18.6 Å². The van der Waals surface area contributed by atoms with Gasteiger partial charge in [-0.1, -0.05) is 25.5 Å². The molecule has 1 aromatic carbocycles. The monoisotopic (exact) mass is 338 g/mol. The molecule has 0 aliphatic heterocycles. The Morgan fingerprint density at radius 1 is 1.28 bits per heavy atom. The predicted octanol–water partition coefficient (Wildman–Crippen LogP) is 2.26. The van der Waals surface area contributed by atoms with Crippen molar-refractivity contribution < 1.29 is 4.79 Å². The summed E-state index contributed by atoms with van der Waals surface area (Å²) < 4.78 is 1.72. The number of aryl methyl sites for hydroxylation is 1. The minimum atomic E-state index is -0.347. The molecule has 0 bridgehead atoms. The molecule has 2 heterocycles. The smallest absolute Gasteiger partial charge is 0.242 e. The number of rotatable bonds is 7. The minimum Gasteiger partial charge on any atom is -0.358 e. The second kappa shape index (κ2) is 7.74. The lowest BCUT2D eigenvalue weighted by molar-refractivity contribution is -0.122. The molecule has 1 amide bonds. The molecule has 1 atom stereocenters. The van der Waals surface area contributed by atoms with Crippen LogP contribution in [0.15, 0.2) is 43.0 Å². The van der Waals surface area contributed by atoms with Gasteiger partial charge in [0.25, 0.3) is 0 Å². The lowest BCUT2D eigenvalue weighted by atomic mass is 10.1. The van der Waals surface area contributed by atoms with Crippen LogP contribution in [-0.4, -0.2) is 31.7 Å². The molecule has 0 saturated heterocycles. The highest BCUT2D eigenvalue weighted by Gasteiger charge is 2.19. The summed E-state index contributed by atoms with van der Waals surface area (Å²) in [6, 6.07) is 7.41. The van der Waals surface area contributed by atoms with E-state index in [0.29, 0.717) is 12.4 Å². The third-order valence-corrected chi connectivity index (χ3v) is 3.97. The van der Waals surface area contributed by atoms with Crippen LogP contribution in [0.2, 0.25) is 0 Å². The van der Waals surface area contributed by atoms with Crippen molar-refractivity contribution in [2.75, 3.05) is 5.32 Å². The minimum absolute atomic E-state index is 0.0478. The van der Waals surface area contributed by atoms with E-state index >= 15 is 0 Å². The zero-order chi connectivity index (χ0) is 17.6. The van der Waals surface area contributed by atoms with Crippen LogP contribution in [0, 0.1) is 0 Å². The van der Waals surface area contributed by atoms with Crippen LogP contribution in [0.5, 0.6) is 0 Å². The molecule has 0 fully saturated rings. The van der Waals surface area contributed by atoms with Gasteiger partial charge in [-0.15, -0.1) is 0 Å². The van der Waals surface area contributed by atoms with Crippen LogP contribution in [0.1, 0.15) is 25.3 Å². The Morgan fingerprint density at radius 2 is 2.12 bits per heavy atom. The van der Waals surface area contributed by atoms with Crippen molar-refractivity contribution >= 4 is 22.6 Å². The van der Waals surface area contributed by atoms with Gasteiger partial charge in [0, 0.05) is 30.7 Å². The molecule has 130 valence electrons. The number of para-hydroxylation sites is 1. The molecule has 3 aromatic rings. The van der Waals surface area contributed by atoms with Crippen molar-refractivity contribution in [2.45, 2.75) is 32.4 Å². The fourth-order valence-corrected chi connectivity index (χ4v) is 2.72. The molecule has 0 radical (unpaired) electrons. The Kier molecular flexibility index (Phi) is 5.23. The number of anilines is 1. The number of aromatic nitrogens is 4. The fraction of sp³-hybridized carbons (Fsp3) is 0.333.